The normalized spacial score (nSPS) is 15.5. The van der Waals surface area contributed by atoms with Crippen LogP contribution in [0.15, 0.2) is 0 Å². The van der Waals surface area contributed by atoms with Crippen LogP contribution in [0.1, 0.15) is 27.2 Å². The van der Waals surface area contributed by atoms with Crippen molar-refractivity contribution >= 4 is 5.97 Å². The van der Waals surface area contributed by atoms with Crippen LogP contribution in [-0.2, 0) is 14.3 Å². The second-order valence-electron chi connectivity index (χ2n) is 3.98. The average Bonchev–Trinajstić information content (AvgIpc) is 2.03. The van der Waals surface area contributed by atoms with Crippen LogP contribution in [0, 0.1) is 5.92 Å². The summed E-state index contributed by atoms with van der Waals surface area (Å²) in [6, 6.07) is 0. The van der Waals surface area contributed by atoms with Gasteiger partial charge in [-0.1, -0.05) is 13.8 Å². The van der Waals surface area contributed by atoms with Crippen molar-refractivity contribution in [1.82, 2.24) is 0 Å². The molecule has 0 spiro atoms. The highest BCUT2D eigenvalue weighted by atomic mass is 16.5. The van der Waals surface area contributed by atoms with Crippen LogP contribution in [0.3, 0.4) is 0 Å². The molecule has 0 rings (SSSR count). The van der Waals surface area contributed by atoms with E-state index in [2.05, 4.69) is 0 Å². The first-order valence-electron chi connectivity index (χ1n) is 4.78. The van der Waals surface area contributed by atoms with Gasteiger partial charge in [0.25, 0.3) is 0 Å². The van der Waals surface area contributed by atoms with Gasteiger partial charge in [0.2, 0.25) is 0 Å². The van der Waals surface area contributed by atoms with Gasteiger partial charge >= 0.3 is 5.97 Å². The highest BCUT2D eigenvalue weighted by Crippen LogP contribution is 2.21. The van der Waals surface area contributed by atoms with Gasteiger partial charge < -0.3 is 14.6 Å². The first kappa shape index (κ1) is 13.4. The van der Waals surface area contributed by atoms with E-state index in [1.807, 2.05) is 13.8 Å². The van der Waals surface area contributed by atoms with E-state index in [1.54, 1.807) is 14.0 Å². The topological polar surface area (TPSA) is 55.8 Å². The second-order valence-corrected chi connectivity index (χ2v) is 3.98. The van der Waals surface area contributed by atoms with E-state index in [1.165, 1.54) is 0 Å². The number of carboxylic acids is 1. The standard InChI is InChI=1S/C10H20O4/c1-8(2)7-10(3,9(11)12)14-6-5-13-4/h8H,5-7H2,1-4H3,(H,11,12). The van der Waals surface area contributed by atoms with Crippen LogP contribution in [0.2, 0.25) is 0 Å². The van der Waals surface area contributed by atoms with E-state index in [-0.39, 0.29) is 0 Å². The summed E-state index contributed by atoms with van der Waals surface area (Å²) in [7, 11) is 1.56. The molecule has 0 radical (unpaired) electrons. The first-order valence-corrected chi connectivity index (χ1v) is 4.78. The van der Waals surface area contributed by atoms with Crippen molar-refractivity contribution in [2.75, 3.05) is 20.3 Å². The van der Waals surface area contributed by atoms with E-state index in [9.17, 15) is 4.79 Å². The number of carbonyl (C=O) groups is 1. The zero-order chi connectivity index (χ0) is 11.2. The van der Waals surface area contributed by atoms with Crippen molar-refractivity contribution in [2.45, 2.75) is 32.8 Å². The zero-order valence-corrected chi connectivity index (χ0v) is 9.37. The van der Waals surface area contributed by atoms with Crippen molar-refractivity contribution < 1.29 is 19.4 Å². The summed E-state index contributed by atoms with van der Waals surface area (Å²) >= 11 is 0. The molecule has 4 heteroatoms. The Bertz CT molecular complexity index is 179. The van der Waals surface area contributed by atoms with Crippen molar-refractivity contribution in [3.8, 4) is 0 Å². The third-order valence-corrected chi connectivity index (χ3v) is 1.96. The quantitative estimate of drug-likeness (QED) is 0.639. The monoisotopic (exact) mass is 204 g/mol. The fourth-order valence-electron chi connectivity index (χ4n) is 1.34. The molecule has 84 valence electrons. The van der Waals surface area contributed by atoms with Crippen molar-refractivity contribution in [3.05, 3.63) is 0 Å². The maximum absolute atomic E-state index is 11.0. The Hall–Kier alpha value is -0.610. The summed E-state index contributed by atoms with van der Waals surface area (Å²) in [6.45, 7) is 6.28. The molecule has 0 saturated heterocycles. The molecular weight excluding hydrogens is 184 g/mol. The van der Waals surface area contributed by atoms with Crippen LogP contribution in [0.25, 0.3) is 0 Å². The summed E-state index contributed by atoms with van der Waals surface area (Å²) < 4.78 is 10.1. The second kappa shape index (κ2) is 5.98. The molecule has 0 aliphatic carbocycles. The number of carboxylic acid groups (broad SMARTS) is 1. The third kappa shape index (κ3) is 4.58. The molecule has 4 nitrogen and oxygen atoms in total. The Balaban J connectivity index is 4.17. The van der Waals surface area contributed by atoms with Crippen LogP contribution in [0.5, 0.6) is 0 Å². The van der Waals surface area contributed by atoms with Gasteiger partial charge in [-0.3, -0.25) is 0 Å². The fraction of sp³-hybridized carbons (Fsp3) is 0.900. The predicted octanol–water partition coefficient (Wildman–Crippen LogP) is 1.54. The van der Waals surface area contributed by atoms with E-state index < -0.39 is 11.6 Å². The molecule has 0 aromatic heterocycles. The molecule has 0 fully saturated rings. The summed E-state index contributed by atoms with van der Waals surface area (Å²) in [5.74, 6) is -0.624. The van der Waals surface area contributed by atoms with Gasteiger partial charge in [0.1, 0.15) is 0 Å². The molecule has 0 saturated carbocycles. The first-order chi connectivity index (χ1) is 6.42. The summed E-state index contributed by atoms with van der Waals surface area (Å²) in [5.41, 5.74) is -1.09. The van der Waals surface area contributed by atoms with Gasteiger partial charge in [0.05, 0.1) is 13.2 Å². The molecule has 1 atom stereocenters. The Kier molecular flexibility index (Phi) is 5.72. The molecular formula is C10H20O4. The third-order valence-electron chi connectivity index (χ3n) is 1.96. The molecule has 0 bridgehead atoms. The average molecular weight is 204 g/mol. The number of ether oxygens (including phenoxy) is 2. The largest absolute Gasteiger partial charge is 0.479 e. The summed E-state index contributed by atoms with van der Waals surface area (Å²) in [4.78, 5) is 11.0. The van der Waals surface area contributed by atoms with Crippen LogP contribution < -0.4 is 0 Å². The van der Waals surface area contributed by atoms with E-state index >= 15 is 0 Å². The lowest BCUT2D eigenvalue weighted by molar-refractivity contribution is -0.167. The highest BCUT2D eigenvalue weighted by Gasteiger charge is 2.34. The number of aliphatic carboxylic acids is 1. The smallest absolute Gasteiger partial charge is 0.335 e. The van der Waals surface area contributed by atoms with Crippen LogP contribution in [-0.4, -0.2) is 37.0 Å². The molecule has 14 heavy (non-hydrogen) atoms. The van der Waals surface area contributed by atoms with E-state index in [0.29, 0.717) is 25.6 Å². The van der Waals surface area contributed by atoms with E-state index in [4.69, 9.17) is 14.6 Å². The fourth-order valence-corrected chi connectivity index (χ4v) is 1.34. The Labute approximate surface area is 85.2 Å². The van der Waals surface area contributed by atoms with Crippen molar-refractivity contribution in [2.24, 2.45) is 5.92 Å². The minimum atomic E-state index is -1.09. The lowest BCUT2D eigenvalue weighted by Crippen LogP contribution is -2.40. The lowest BCUT2D eigenvalue weighted by atomic mass is 9.94. The molecule has 0 aliphatic rings. The van der Waals surface area contributed by atoms with Crippen LogP contribution >= 0.6 is 0 Å². The Morgan fingerprint density at radius 2 is 2.00 bits per heavy atom. The molecule has 0 heterocycles. The maximum Gasteiger partial charge on any atom is 0.335 e. The summed E-state index contributed by atoms with van der Waals surface area (Å²) in [5, 5.41) is 9.01. The SMILES string of the molecule is COCCOC(C)(CC(C)C)C(=O)O. The lowest BCUT2D eigenvalue weighted by Gasteiger charge is -2.26. The van der Waals surface area contributed by atoms with Gasteiger partial charge in [0, 0.05) is 7.11 Å². The van der Waals surface area contributed by atoms with Gasteiger partial charge in [-0.05, 0) is 19.3 Å². The highest BCUT2D eigenvalue weighted by molar-refractivity contribution is 5.76. The van der Waals surface area contributed by atoms with Gasteiger partial charge in [-0.2, -0.15) is 0 Å². The molecule has 0 amide bonds. The Morgan fingerprint density at radius 1 is 1.43 bits per heavy atom. The number of hydrogen-bond acceptors (Lipinski definition) is 3. The van der Waals surface area contributed by atoms with Gasteiger partial charge in [-0.15, -0.1) is 0 Å². The van der Waals surface area contributed by atoms with Crippen LogP contribution in [0.4, 0.5) is 0 Å². The Morgan fingerprint density at radius 3 is 2.36 bits per heavy atom. The molecule has 1 unspecified atom stereocenters. The number of methoxy groups -OCH3 is 1. The van der Waals surface area contributed by atoms with Gasteiger partial charge in [-0.25, -0.2) is 4.79 Å². The molecule has 0 aliphatic heterocycles. The number of rotatable bonds is 7. The van der Waals surface area contributed by atoms with Crippen molar-refractivity contribution in [1.29, 1.82) is 0 Å². The molecule has 0 aromatic carbocycles. The minimum absolute atomic E-state index is 0.290. The van der Waals surface area contributed by atoms with E-state index in [0.717, 1.165) is 0 Å². The van der Waals surface area contributed by atoms with Gasteiger partial charge in [0.15, 0.2) is 5.60 Å². The minimum Gasteiger partial charge on any atom is -0.479 e. The van der Waals surface area contributed by atoms with Crippen molar-refractivity contribution in [3.63, 3.8) is 0 Å². The summed E-state index contributed by atoms with van der Waals surface area (Å²) in [6.07, 6.45) is 0.506. The molecule has 1 N–H and O–H groups in total. The maximum atomic E-state index is 11.0. The predicted molar refractivity (Wildman–Crippen MR) is 53.3 cm³/mol. The number of hydrogen-bond donors (Lipinski definition) is 1. The molecule has 0 aromatic rings. The zero-order valence-electron chi connectivity index (χ0n) is 9.37.